The molecule has 0 aliphatic carbocycles. The smallest absolute Gasteiger partial charge is 0.262 e. The van der Waals surface area contributed by atoms with E-state index in [1.54, 1.807) is 42.5 Å². The van der Waals surface area contributed by atoms with E-state index in [1.165, 1.54) is 14.0 Å². The molecule has 0 saturated heterocycles. The van der Waals surface area contributed by atoms with Crippen LogP contribution < -0.4 is 14.8 Å². The number of anilines is 1. The van der Waals surface area contributed by atoms with Crippen LogP contribution in [0.3, 0.4) is 0 Å². The van der Waals surface area contributed by atoms with Crippen LogP contribution in [0.5, 0.6) is 11.5 Å². The van der Waals surface area contributed by atoms with E-state index in [4.69, 9.17) is 21.1 Å². The summed E-state index contributed by atoms with van der Waals surface area (Å²) >= 11 is 5.99. The fourth-order valence-electron chi connectivity index (χ4n) is 1.95. The number of hydrogen-bond acceptors (Lipinski definition) is 4. The number of nitrogens with one attached hydrogen (secondary N) is 1. The van der Waals surface area contributed by atoms with Gasteiger partial charge in [0, 0.05) is 5.56 Å². The van der Waals surface area contributed by atoms with E-state index in [2.05, 4.69) is 5.32 Å². The normalized spacial score (nSPS) is 10.0. The van der Waals surface area contributed by atoms with Gasteiger partial charge in [0.25, 0.3) is 5.91 Å². The SMILES string of the molecule is COc1c(Cl)cccc1NC(=O)COc1cccc(C(C)=O)c1. The number of carbonyl (C=O) groups is 2. The molecule has 5 nitrogen and oxygen atoms in total. The predicted molar refractivity (Wildman–Crippen MR) is 88.6 cm³/mol. The Bertz CT molecular complexity index is 730. The van der Waals surface area contributed by atoms with Gasteiger partial charge >= 0.3 is 0 Å². The molecule has 0 spiro atoms. The zero-order valence-corrected chi connectivity index (χ0v) is 13.5. The predicted octanol–water partition coefficient (Wildman–Crippen LogP) is 3.57. The van der Waals surface area contributed by atoms with Gasteiger partial charge < -0.3 is 14.8 Å². The van der Waals surface area contributed by atoms with Crippen LogP contribution in [-0.4, -0.2) is 25.4 Å². The maximum atomic E-state index is 12.0. The molecule has 0 unspecified atom stereocenters. The summed E-state index contributed by atoms with van der Waals surface area (Å²) in [5.41, 5.74) is 0.991. The molecule has 0 fully saturated rings. The van der Waals surface area contributed by atoms with Gasteiger partial charge in [-0.1, -0.05) is 29.8 Å². The van der Waals surface area contributed by atoms with E-state index in [0.717, 1.165) is 0 Å². The van der Waals surface area contributed by atoms with E-state index in [9.17, 15) is 9.59 Å². The maximum Gasteiger partial charge on any atom is 0.262 e. The number of ketones is 1. The van der Waals surface area contributed by atoms with Gasteiger partial charge in [0.1, 0.15) is 5.75 Å². The summed E-state index contributed by atoms with van der Waals surface area (Å²) in [6.07, 6.45) is 0. The monoisotopic (exact) mass is 333 g/mol. The molecular weight excluding hydrogens is 318 g/mol. The molecule has 1 N–H and O–H groups in total. The van der Waals surface area contributed by atoms with Crippen LogP contribution in [0.2, 0.25) is 5.02 Å². The molecule has 0 aliphatic rings. The van der Waals surface area contributed by atoms with Crippen molar-refractivity contribution in [2.45, 2.75) is 6.92 Å². The van der Waals surface area contributed by atoms with Crippen molar-refractivity contribution in [2.24, 2.45) is 0 Å². The maximum absolute atomic E-state index is 12.0. The molecule has 0 radical (unpaired) electrons. The van der Waals surface area contributed by atoms with Crippen LogP contribution in [0.4, 0.5) is 5.69 Å². The number of methoxy groups -OCH3 is 1. The molecule has 1 amide bonds. The Morgan fingerprint density at radius 3 is 2.61 bits per heavy atom. The van der Waals surface area contributed by atoms with E-state index < -0.39 is 0 Å². The van der Waals surface area contributed by atoms with Crippen molar-refractivity contribution in [3.8, 4) is 11.5 Å². The number of carbonyl (C=O) groups excluding carboxylic acids is 2. The summed E-state index contributed by atoms with van der Waals surface area (Å²) in [7, 11) is 1.47. The second-order valence-corrected chi connectivity index (χ2v) is 5.15. The highest BCUT2D eigenvalue weighted by atomic mass is 35.5. The summed E-state index contributed by atoms with van der Waals surface area (Å²) in [4.78, 5) is 23.3. The van der Waals surface area contributed by atoms with Crippen LogP contribution in [0.15, 0.2) is 42.5 Å². The highest BCUT2D eigenvalue weighted by Crippen LogP contribution is 2.32. The van der Waals surface area contributed by atoms with Crippen LogP contribution in [0.25, 0.3) is 0 Å². The largest absolute Gasteiger partial charge is 0.493 e. The summed E-state index contributed by atoms with van der Waals surface area (Å²) in [5, 5.41) is 3.07. The number of Topliss-reactive ketones (excluding diaryl/α,β-unsaturated/α-hetero) is 1. The Morgan fingerprint density at radius 2 is 1.91 bits per heavy atom. The second-order valence-electron chi connectivity index (χ2n) is 4.74. The minimum Gasteiger partial charge on any atom is -0.493 e. The zero-order chi connectivity index (χ0) is 16.8. The van der Waals surface area contributed by atoms with Gasteiger partial charge in [-0.25, -0.2) is 0 Å². The zero-order valence-electron chi connectivity index (χ0n) is 12.8. The van der Waals surface area contributed by atoms with Crippen LogP contribution >= 0.6 is 11.6 Å². The summed E-state index contributed by atoms with van der Waals surface area (Å²) in [6, 6.07) is 11.7. The van der Waals surface area contributed by atoms with Gasteiger partial charge in [-0.3, -0.25) is 9.59 Å². The molecule has 6 heteroatoms. The first kappa shape index (κ1) is 16.8. The second kappa shape index (κ2) is 7.65. The molecular formula is C17H16ClNO4. The van der Waals surface area contributed by atoms with Crippen LogP contribution in [-0.2, 0) is 4.79 Å². The highest BCUT2D eigenvalue weighted by molar-refractivity contribution is 6.32. The van der Waals surface area contributed by atoms with Crippen molar-refractivity contribution in [2.75, 3.05) is 19.0 Å². The van der Waals surface area contributed by atoms with Crippen molar-refractivity contribution in [3.63, 3.8) is 0 Å². The molecule has 0 aromatic heterocycles. The minimum absolute atomic E-state index is 0.0661. The lowest BCUT2D eigenvalue weighted by Gasteiger charge is -2.12. The number of rotatable bonds is 6. The average molecular weight is 334 g/mol. The van der Waals surface area contributed by atoms with Gasteiger partial charge in [-0.2, -0.15) is 0 Å². The van der Waals surface area contributed by atoms with E-state index >= 15 is 0 Å². The Hall–Kier alpha value is -2.53. The lowest BCUT2D eigenvalue weighted by atomic mass is 10.1. The molecule has 0 aliphatic heterocycles. The molecule has 23 heavy (non-hydrogen) atoms. The van der Waals surface area contributed by atoms with E-state index in [-0.39, 0.29) is 18.3 Å². The lowest BCUT2D eigenvalue weighted by Crippen LogP contribution is -2.20. The van der Waals surface area contributed by atoms with Gasteiger partial charge in [0.15, 0.2) is 18.1 Å². The molecule has 0 bridgehead atoms. The number of para-hydroxylation sites is 1. The van der Waals surface area contributed by atoms with Crippen LogP contribution in [0.1, 0.15) is 17.3 Å². The van der Waals surface area contributed by atoms with E-state index in [1.807, 2.05) is 0 Å². The summed E-state index contributed by atoms with van der Waals surface area (Å²) in [5.74, 6) is 0.411. The minimum atomic E-state index is -0.362. The molecule has 2 rings (SSSR count). The summed E-state index contributed by atoms with van der Waals surface area (Å²) < 4.78 is 10.6. The van der Waals surface area contributed by atoms with Gasteiger partial charge in [-0.15, -0.1) is 0 Å². The molecule has 2 aromatic rings. The quantitative estimate of drug-likeness (QED) is 0.821. The van der Waals surface area contributed by atoms with Crippen molar-refractivity contribution >= 4 is 29.0 Å². The Morgan fingerprint density at radius 1 is 1.17 bits per heavy atom. The molecule has 0 atom stereocenters. The fourth-order valence-corrected chi connectivity index (χ4v) is 2.21. The fraction of sp³-hybridized carbons (Fsp3) is 0.176. The Labute approximate surface area is 139 Å². The molecule has 0 heterocycles. The Kier molecular flexibility index (Phi) is 5.60. The van der Waals surface area contributed by atoms with Gasteiger partial charge in [0.2, 0.25) is 0 Å². The number of halogens is 1. The molecule has 2 aromatic carbocycles. The van der Waals surface area contributed by atoms with Gasteiger partial charge in [-0.05, 0) is 31.2 Å². The van der Waals surface area contributed by atoms with Gasteiger partial charge in [0.05, 0.1) is 17.8 Å². The topological polar surface area (TPSA) is 64.6 Å². The van der Waals surface area contributed by atoms with Crippen molar-refractivity contribution < 1.29 is 19.1 Å². The lowest BCUT2D eigenvalue weighted by molar-refractivity contribution is -0.118. The van der Waals surface area contributed by atoms with Crippen molar-refractivity contribution in [1.29, 1.82) is 0 Å². The third kappa shape index (κ3) is 4.47. The third-order valence-electron chi connectivity index (χ3n) is 3.06. The average Bonchev–Trinajstić information content (AvgIpc) is 2.53. The van der Waals surface area contributed by atoms with Crippen molar-refractivity contribution in [1.82, 2.24) is 0 Å². The number of hydrogen-bond donors (Lipinski definition) is 1. The number of benzene rings is 2. The number of ether oxygens (including phenoxy) is 2. The molecule has 0 saturated carbocycles. The van der Waals surface area contributed by atoms with Crippen LogP contribution in [0, 0.1) is 0 Å². The first-order valence-electron chi connectivity index (χ1n) is 6.87. The van der Waals surface area contributed by atoms with Crippen molar-refractivity contribution in [3.05, 3.63) is 53.1 Å². The standard InChI is InChI=1S/C17H16ClNO4/c1-11(20)12-5-3-6-13(9-12)23-10-16(21)19-15-8-4-7-14(18)17(15)22-2/h3-9H,10H2,1-2H3,(H,19,21). The number of amides is 1. The third-order valence-corrected chi connectivity index (χ3v) is 3.35. The van der Waals surface area contributed by atoms with E-state index in [0.29, 0.717) is 27.8 Å². The molecule has 120 valence electrons. The Balaban J connectivity index is 2.00. The highest BCUT2D eigenvalue weighted by Gasteiger charge is 2.11. The summed E-state index contributed by atoms with van der Waals surface area (Å²) in [6.45, 7) is 1.27. The first-order chi connectivity index (χ1) is 11.0. The first-order valence-corrected chi connectivity index (χ1v) is 7.25.